The zero-order valence-corrected chi connectivity index (χ0v) is 10.4. The second-order valence-electron chi connectivity index (χ2n) is 3.35. The Morgan fingerprint density at radius 1 is 1.41 bits per heavy atom. The third kappa shape index (κ3) is 4.80. The van der Waals surface area contributed by atoms with Crippen molar-refractivity contribution in [2.75, 3.05) is 13.7 Å². The molecule has 17 heavy (non-hydrogen) atoms. The molecule has 0 aliphatic rings. The molecular formula is C11H16N4OS. The Balaban J connectivity index is 2.62. The second kappa shape index (κ2) is 6.82. The second-order valence-corrected chi connectivity index (χ2v) is 3.79. The molecule has 0 fully saturated rings. The Morgan fingerprint density at radius 2 is 2.06 bits per heavy atom. The molecule has 1 unspecified atom stereocenters. The van der Waals surface area contributed by atoms with Crippen LogP contribution in [0.15, 0.2) is 35.3 Å². The van der Waals surface area contributed by atoms with E-state index in [2.05, 4.69) is 22.5 Å². The number of benzene rings is 1. The van der Waals surface area contributed by atoms with E-state index in [0.717, 1.165) is 5.56 Å². The Hall–Kier alpha value is -1.66. The van der Waals surface area contributed by atoms with Crippen LogP contribution >= 0.6 is 12.2 Å². The van der Waals surface area contributed by atoms with Gasteiger partial charge >= 0.3 is 0 Å². The third-order valence-corrected chi connectivity index (χ3v) is 2.24. The lowest BCUT2D eigenvalue weighted by Crippen LogP contribution is -2.40. The molecule has 1 rings (SSSR count). The zero-order valence-electron chi connectivity index (χ0n) is 9.59. The molecular weight excluding hydrogens is 236 g/mol. The van der Waals surface area contributed by atoms with Crippen LogP contribution in [0.1, 0.15) is 11.7 Å². The van der Waals surface area contributed by atoms with E-state index in [4.69, 9.17) is 16.2 Å². The molecule has 1 aromatic carbocycles. The Morgan fingerprint density at radius 3 is 2.59 bits per heavy atom. The zero-order chi connectivity index (χ0) is 12.7. The van der Waals surface area contributed by atoms with Crippen molar-refractivity contribution in [1.82, 2.24) is 5.32 Å². The Bertz CT molecular complexity index is 394. The molecule has 0 spiro atoms. The van der Waals surface area contributed by atoms with Gasteiger partial charge in [0.15, 0.2) is 11.1 Å². The van der Waals surface area contributed by atoms with Crippen LogP contribution in [0, 0.1) is 0 Å². The summed E-state index contributed by atoms with van der Waals surface area (Å²) in [6.45, 7) is 0.405. The minimum absolute atomic E-state index is 0.0972. The van der Waals surface area contributed by atoms with E-state index in [0.29, 0.717) is 6.54 Å². The van der Waals surface area contributed by atoms with Crippen LogP contribution in [-0.4, -0.2) is 24.7 Å². The van der Waals surface area contributed by atoms with Crippen molar-refractivity contribution in [3.8, 4) is 0 Å². The minimum atomic E-state index is -0.136. The minimum Gasteiger partial charge on any atom is -0.376 e. The lowest BCUT2D eigenvalue weighted by atomic mass is 10.1. The SMILES string of the molecule is COC(CN=C(N)NC(N)=S)c1ccccc1. The average molecular weight is 252 g/mol. The summed E-state index contributed by atoms with van der Waals surface area (Å²) in [6.07, 6.45) is -0.136. The number of ether oxygens (including phenoxy) is 1. The standard InChI is InChI=1S/C11H16N4OS/c1-16-9(8-5-3-2-4-6-8)7-14-10(12)15-11(13)17/h2-6,9H,7H2,1H3,(H5,12,13,14,15,17). The first-order valence-corrected chi connectivity index (χ1v) is 5.48. The van der Waals surface area contributed by atoms with Crippen molar-refractivity contribution in [3.63, 3.8) is 0 Å². The monoisotopic (exact) mass is 252 g/mol. The van der Waals surface area contributed by atoms with Gasteiger partial charge in [0.25, 0.3) is 0 Å². The van der Waals surface area contributed by atoms with Gasteiger partial charge in [0.1, 0.15) is 6.10 Å². The average Bonchev–Trinajstić information content (AvgIpc) is 2.30. The van der Waals surface area contributed by atoms with Gasteiger partial charge in [0.05, 0.1) is 6.54 Å². The predicted octanol–water partition coefficient (Wildman–Crippen LogP) is 0.522. The van der Waals surface area contributed by atoms with Gasteiger partial charge < -0.3 is 21.5 Å². The summed E-state index contributed by atoms with van der Waals surface area (Å²) in [6, 6.07) is 9.79. The lowest BCUT2D eigenvalue weighted by Gasteiger charge is -2.13. The number of aliphatic imine (C=N–C) groups is 1. The van der Waals surface area contributed by atoms with E-state index in [9.17, 15) is 0 Å². The molecule has 0 aliphatic heterocycles. The molecule has 0 aliphatic carbocycles. The van der Waals surface area contributed by atoms with Gasteiger partial charge in [0.2, 0.25) is 0 Å². The number of hydrogen-bond acceptors (Lipinski definition) is 3. The molecule has 0 bridgehead atoms. The first-order chi connectivity index (χ1) is 8.13. The van der Waals surface area contributed by atoms with Crippen LogP contribution in [0.5, 0.6) is 0 Å². The summed E-state index contributed by atoms with van der Waals surface area (Å²) in [7, 11) is 1.63. The van der Waals surface area contributed by atoms with Crippen molar-refractivity contribution >= 4 is 23.3 Å². The summed E-state index contributed by atoms with van der Waals surface area (Å²) in [5, 5.41) is 2.65. The molecule has 0 saturated heterocycles. The predicted molar refractivity (Wildman–Crippen MR) is 72.6 cm³/mol. The number of hydrogen-bond donors (Lipinski definition) is 3. The molecule has 0 heterocycles. The van der Waals surface area contributed by atoms with Gasteiger partial charge in [-0.2, -0.15) is 0 Å². The molecule has 0 saturated carbocycles. The fourth-order valence-corrected chi connectivity index (χ4v) is 1.44. The van der Waals surface area contributed by atoms with E-state index in [-0.39, 0.29) is 17.2 Å². The highest BCUT2D eigenvalue weighted by Gasteiger charge is 2.08. The molecule has 0 radical (unpaired) electrons. The van der Waals surface area contributed by atoms with Crippen LogP contribution in [0.25, 0.3) is 0 Å². The van der Waals surface area contributed by atoms with Crippen LogP contribution in [0.4, 0.5) is 0 Å². The largest absolute Gasteiger partial charge is 0.376 e. The lowest BCUT2D eigenvalue weighted by molar-refractivity contribution is 0.111. The van der Waals surface area contributed by atoms with Crippen molar-refractivity contribution in [1.29, 1.82) is 0 Å². The molecule has 0 aromatic heterocycles. The van der Waals surface area contributed by atoms with Gasteiger partial charge in [-0.1, -0.05) is 30.3 Å². The third-order valence-electron chi connectivity index (χ3n) is 2.13. The summed E-state index contributed by atoms with van der Waals surface area (Å²) < 4.78 is 5.34. The maximum Gasteiger partial charge on any atom is 0.194 e. The van der Waals surface area contributed by atoms with Crippen LogP contribution in [-0.2, 0) is 4.74 Å². The van der Waals surface area contributed by atoms with Crippen LogP contribution in [0.2, 0.25) is 0 Å². The Kier molecular flexibility index (Phi) is 5.38. The van der Waals surface area contributed by atoms with Crippen molar-refractivity contribution in [3.05, 3.63) is 35.9 Å². The molecule has 1 atom stereocenters. The number of guanidine groups is 1. The topological polar surface area (TPSA) is 85.7 Å². The molecule has 92 valence electrons. The normalized spacial score (nSPS) is 13.1. The summed E-state index contributed by atoms with van der Waals surface area (Å²) in [4.78, 5) is 4.10. The maximum absolute atomic E-state index is 5.57. The van der Waals surface area contributed by atoms with E-state index in [1.165, 1.54) is 0 Å². The van der Waals surface area contributed by atoms with Crippen LogP contribution < -0.4 is 16.8 Å². The van der Waals surface area contributed by atoms with Gasteiger partial charge in [-0.25, -0.2) is 0 Å². The summed E-state index contributed by atoms with van der Waals surface area (Å²) >= 11 is 4.65. The number of rotatable bonds is 4. The van der Waals surface area contributed by atoms with Gasteiger partial charge in [-0.15, -0.1) is 0 Å². The molecule has 6 heteroatoms. The van der Waals surface area contributed by atoms with Gasteiger partial charge in [-0.3, -0.25) is 4.99 Å². The molecule has 5 nitrogen and oxygen atoms in total. The smallest absolute Gasteiger partial charge is 0.194 e. The van der Waals surface area contributed by atoms with E-state index >= 15 is 0 Å². The highest BCUT2D eigenvalue weighted by atomic mass is 32.1. The van der Waals surface area contributed by atoms with Crippen molar-refractivity contribution in [2.45, 2.75) is 6.10 Å². The number of nitrogens with zero attached hydrogens (tertiary/aromatic N) is 1. The van der Waals surface area contributed by atoms with E-state index in [1.54, 1.807) is 7.11 Å². The van der Waals surface area contributed by atoms with Gasteiger partial charge in [0, 0.05) is 7.11 Å². The fourth-order valence-electron chi connectivity index (χ4n) is 1.33. The number of nitrogens with one attached hydrogen (secondary N) is 1. The summed E-state index contributed by atoms with van der Waals surface area (Å²) in [5.41, 5.74) is 11.9. The summed E-state index contributed by atoms with van der Waals surface area (Å²) in [5.74, 6) is 0.190. The first kappa shape index (κ1) is 13.4. The quantitative estimate of drug-likeness (QED) is 0.413. The van der Waals surface area contributed by atoms with E-state index < -0.39 is 0 Å². The van der Waals surface area contributed by atoms with Crippen molar-refractivity contribution in [2.24, 2.45) is 16.5 Å². The fraction of sp³-hybridized carbons (Fsp3) is 0.273. The molecule has 0 amide bonds. The number of thiocarbonyl (C=S) groups is 1. The van der Waals surface area contributed by atoms with Gasteiger partial charge in [-0.05, 0) is 17.8 Å². The Labute approximate surface area is 106 Å². The van der Waals surface area contributed by atoms with Crippen LogP contribution in [0.3, 0.4) is 0 Å². The van der Waals surface area contributed by atoms with E-state index in [1.807, 2.05) is 30.3 Å². The first-order valence-electron chi connectivity index (χ1n) is 5.07. The highest BCUT2D eigenvalue weighted by Crippen LogP contribution is 2.15. The molecule has 1 aromatic rings. The molecule has 5 N–H and O–H groups in total. The van der Waals surface area contributed by atoms with Crippen molar-refractivity contribution < 1.29 is 4.74 Å². The number of methoxy groups -OCH3 is 1. The highest BCUT2D eigenvalue weighted by molar-refractivity contribution is 7.80. The maximum atomic E-state index is 5.57. The number of nitrogens with two attached hydrogens (primary N) is 2.